The van der Waals surface area contributed by atoms with Crippen LogP contribution in [0.3, 0.4) is 0 Å². The Labute approximate surface area is 116 Å². The molecule has 0 atom stereocenters. The first-order valence-corrected chi connectivity index (χ1v) is 7.21. The fourth-order valence-corrected chi connectivity index (χ4v) is 3.64. The van der Waals surface area contributed by atoms with Crippen molar-refractivity contribution in [2.24, 2.45) is 0 Å². The maximum atomic E-state index is 4.55. The molecule has 2 aromatic carbocycles. The molecule has 0 aliphatic heterocycles. The van der Waals surface area contributed by atoms with Gasteiger partial charge < -0.3 is 0 Å². The normalized spacial score (nSPS) is 14.4. The maximum absolute atomic E-state index is 4.55. The molecule has 4 aromatic rings. The third kappa shape index (κ3) is 1.21. The highest BCUT2D eigenvalue weighted by atomic mass is 15.0. The minimum atomic E-state index is 1.06. The average Bonchev–Trinajstić information content (AvgIpc) is 3.14. The van der Waals surface area contributed by atoms with E-state index in [2.05, 4.69) is 52.0 Å². The van der Waals surface area contributed by atoms with Crippen LogP contribution in [0.1, 0.15) is 17.5 Å². The highest BCUT2D eigenvalue weighted by Gasteiger charge is 2.15. The van der Waals surface area contributed by atoms with Crippen molar-refractivity contribution in [3.8, 4) is 0 Å². The first-order chi connectivity index (χ1) is 9.92. The summed E-state index contributed by atoms with van der Waals surface area (Å²) in [6, 6.07) is 13.4. The first-order valence-electron chi connectivity index (χ1n) is 7.21. The number of benzene rings is 2. The van der Waals surface area contributed by atoms with Crippen LogP contribution in [-0.2, 0) is 12.8 Å². The highest BCUT2D eigenvalue weighted by molar-refractivity contribution is 6.11. The fraction of sp³-hybridized carbons (Fsp3) is 0.167. The SMILES string of the molecule is c1ccc2c(c1)c1cc3c(cc1n1ccnc21)CCC3. The lowest BCUT2D eigenvalue weighted by molar-refractivity contribution is 0.912. The Morgan fingerprint density at radius 3 is 2.60 bits per heavy atom. The van der Waals surface area contributed by atoms with E-state index in [0.717, 1.165) is 5.65 Å². The number of hydrogen-bond donors (Lipinski definition) is 0. The molecule has 2 heterocycles. The third-order valence-electron chi connectivity index (χ3n) is 4.57. The number of rotatable bonds is 0. The molecule has 0 bridgehead atoms. The lowest BCUT2D eigenvalue weighted by Gasteiger charge is -2.10. The molecule has 1 aliphatic carbocycles. The zero-order valence-corrected chi connectivity index (χ0v) is 11.1. The van der Waals surface area contributed by atoms with Gasteiger partial charge in [-0.3, -0.25) is 4.40 Å². The molecule has 0 fully saturated rings. The predicted molar refractivity (Wildman–Crippen MR) is 82.2 cm³/mol. The van der Waals surface area contributed by atoms with Gasteiger partial charge in [-0.25, -0.2) is 4.98 Å². The van der Waals surface area contributed by atoms with Crippen LogP contribution in [0.5, 0.6) is 0 Å². The van der Waals surface area contributed by atoms with Crippen molar-refractivity contribution < 1.29 is 0 Å². The first kappa shape index (κ1) is 10.4. The number of aryl methyl sites for hydroxylation is 2. The van der Waals surface area contributed by atoms with Crippen molar-refractivity contribution in [1.82, 2.24) is 9.38 Å². The number of imidazole rings is 1. The van der Waals surface area contributed by atoms with Gasteiger partial charge in [-0.15, -0.1) is 0 Å². The molecular formula is C18H14N2. The summed E-state index contributed by atoms with van der Waals surface area (Å²) in [6.45, 7) is 0. The van der Waals surface area contributed by atoms with Crippen molar-refractivity contribution in [3.05, 3.63) is 59.9 Å². The largest absolute Gasteiger partial charge is 0.299 e. The summed E-state index contributed by atoms with van der Waals surface area (Å²) < 4.78 is 2.23. The molecule has 2 nitrogen and oxygen atoms in total. The van der Waals surface area contributed by atoms with Crippen LogP contribution in [0, 0.1) is 0 Å². The van der Waals surface area contributed by atoms with Gasteiger partial charge in [-0.1, -0.05) is 24.3 Å². The van der Waals surface area contributed by atoms with Crippen LogP contribution in [0.15, 0.2) is 48.8 Å². The quantitative estimate of drug-likeness (QED) is 0.433. The number of pyridine rings is 1. The van der Waals surface area contributed by atoms with Gasteiger partial charge in [0.15, 0.2) is 0 Å². The maximum Gasteiger partial charge on any atom is 0.145 e. The lowest BCUT2D eigenvalue weighted by atomic mass is 10.0. The summed E-state index contributed by atoms with van der Waals surface area (Å²) in [6.07, 6.45) is 7.70. The van der Waals surface area contributed by atoms with Crippen LogP contribution in [-0.4, -0.2) is 9.38 Å². The molecule has 1 aliphatic rings. The Balaban J connectivity index is 2.12. The predicted octanol–water partition coefficient (Wildman–Crippen LogP) is 4.13. The average molecular weight is 258 g/mol. The highest BCUT2D eigenvalue weighted by Crippen LogP contribution is 2.33. The summed E-state index contributed by atoms with van der Waals surface area (Å²) in [7, 11) is 0. The Morgan fingerprint density at radius 1 is 0.900 bits per heavy atom. The number of hydrogen-bond acceptors (Lipinski definition) is 1. The molecule has 2 aromatic heterocycles. The fourth-order valence-electron chi connectivity index (χ4n) is 3.64. The smallest absolute Gasteiger partial charge is 0.145 e. The molecule has 0 spiro atoms. The van der Waals surface area contributed by atoms with E-state index in [1.807, 2.05) is 6.20 Å². The molecule has 0 amide bonds. The van der Waals surface area contributed by atoms with E-state index < -0.39 is 0 Å². The van der Waals surface area contributed by atoms with E-state index in [1.165, 1.54) is 52.1 Å². The van der Waals surface area contributed by atoms with E-state index in [0.29, 0.717) is 0 Å². The van der Waals surface area contributed by atoms with Gasteiger partial charge >= 0.3 is 0 Å². The van der Waals surface area contributed by atoms with Crippen LogP contribution in [0.2, 0.25) is 0 Å². The number of aromatic nitrogens is 2. The molecule has 0 saturated heterocycles. The third-order valence-corrected chi connectivity index (χ3v) is 4.57. The minimum Gasteiger partial charge on any atom is -0.299 e. The zero-order valence-electron chi connectivity index (χ0n) is 11.1. The van der Waals surface area contributed by atoms with Gasteiger partial charge in [-0.2, -0.15) is 0 Å². The van der Waals surface area contributed by atoms with E-state index in [4.69, 9.17) is 0 Å². The lowest BCUT2D eigenvalue weighted by Crippen LogP contribution is -1.93. The van der Waals surface area contributed by atoms with Crippen LogP contribution >= 0.6 is 0 Å². The summed E-state index contributed by atoms with van der Waals surface area (Å²) in [4.78, 5) is 4.55. The van der Waals surface area contributed by atoms with Crippen molar-refractivity contribution in [3.63, 3.8) is 0 Å². The van der Waals surface area contributed by atoms with Crippen LogP contribution in [0.4, 0.5) is 0 Å². The second-order valence-electron chi connectivity index (χ2n) is 5.66. The molecule has 20 heavy (non-hydrogen) atoms. The van der Waals surface area contributed by atoms with Gasteiger partial charge in [0.2, 0.25) is 0 Å². The number of fused-ring (bicyclic) bond motifs is 7. The van der Waals surface area contributed by atoms with E-state index in [1.54, 1.807) is 0 Å². The van der Waals surface area contributed by atoms with Crippen LogP contribution < -0.4 is 0 Å². The standard InChI is InChI=1S/C18H14N2/c1-2-7-15-14(6-1)16-10-12-4-3-5-13(12)11-17(16)20-9-8-19-18(15)20/h1-2,6-11H,3-5H2. The van der Waals surface area contributed by atoms with Gasteiger partial charge in [0.05, 0.1) is 5.52 Å². The van der Waals surface area contributed by atoms with Gasteiger partial charge in [0, 0.05) is 23.2 Å². The van der Waals surface area contributed by atoms with Crippen molar-refractivity contribution in [1.29, 1.82) is 0 Å². The second kappa shape index (κ2) is 3.60. The molecule has 96 valence electrons. The number of nitrogens with zero attached hydrogens (tertiary/aromatic N) is 2. The second-order valence-corrected chi connectivity index (χ2v) is 5.66. The Hall–Kier alpha value is -2.35. The molecule has 0 radical (unpaired) electrons. The summed E-state index contributed by atoms with van der Waals surface area (Å²) in [5, 5.41) is 3.91. The molecular weight excluding hydrogens is 244 g/mol. The Bertz CT molecular complexity index is 979. The summed E-state index contributed by atoms with van der Waals surface area (Å²) in [5.74, 6) is 0. The van der Waals surface area contributed by atoms with Crippen molar-refractivity contribution in [2.75, 3.05) is 0 Å². The molecule has 2 heteroatoms. The molecule has 0 saturated carbocycles. The minimum absolute atomic E-state index is 1.06. The monoisotopic (exact) mass is 258 g/mol. The molecule has 0 N–H and O–H groups in total. The Kier molecular flexibility index (Phi) is 1.88. The summed E-state index contributed by atoms with van der Waals surface area (Å²) in [5.41, 5.74) is 5.40. The zero-order chi connectivity index (χ0) is 13.1. The van der Waals surface area contributed by atoms with E-state index in [9.17, 15) is 0 Å². The van der Waals surface area contributed by atoms with Crippen LogP contribution in [0.25, 0.3) is 27.3 Å². The van der Waals surface area contributed by atoms with Gasteiger partial charge in [0.1, 0.15) is 5.65 Å². The van der Waals surface area contributed by atoms with Crippen molar-refractivity contribution in [2.45, 2.75) is 19.3 Å². The topological polar surface area (TPSA) is 17.3 Å². The van der Waals surface area contributed by atoms with E-state index >= 15 is 0 Å². The van der Waals surface area contributed by atoms with Crippen molar-refractivity contribution >= 4 is 27.3 Å². The molecule has 0 unspecified atom stereocenters. The van der Waals surface area contributed by atoms with Gasteiger partial charge in [-0.05, 0) is 47.9 Å². The van der Waals surface area contributed by atoms with E-state index in [-0.39, 0.29) is 0 Å². The molecule has 5 rings (SSSR count). The Morgan fingerprint density at radius 2 is 1.70 bits per heavy atom. The van der Waals surface area contributed by atoms with Gasteiger partial charge in [0.25, 0.3) is 0 Å². The summed E-state index contributed by atoms with van der Waals surface area (Å²) >= 11 is 0.